The van der Waals surface area contributed by atoms with Crippen molar-refractivity contribution < 1.29 is 17.9 Å². The number of rotatable bonds is 6. The molecule has 2 heterocycles. The minimum absolute atomic E-state index is 0.154. The van der Waals surface area contributed by atoms with Gasteiger partial charge in [0.25, 0.3) is 0 Å². The van der Waals surface area contributed by atoms with Crippen LogP contribution >= 0.6 is 23.1 Å². The van der Waals surface area contributed by atoms with Crippen LogP contribution in [0.2, 0.25) is 0 Å². The van der Waals surface area contributed by atoms with Crippen LogP contribution in [0.5, 0.6) is 5.75 Å². The lowest BCUT2D eigenvalue weighted by Crippen LogP contribution is -2.43. The van der Waals surface area contributed by atoms with Gasteiger partial charge in [0.2, 0.25) is 15.9 Å². The Balaban J connectivity index is 1.46. The third-order valence-electron chi connectivity index (χ3n) is 5.28. The van der Waals surface area contributed by atoms with E-state index in [-0.39, 0.29) is 17.3 Å². The number of piperidine rings is 1. The Bertz CT molecular complexity index is 1190. The van der Waals surface area contributed by atoms with Gasteiger partial charge in [0.05, 0.1) is 28.1 Å². The maximum atomic E-state index is 13.0. The Labute approximate surface area is 189 Å². The number of hydrogen-bond donors (Lipinski definition) is 1. The van der Waals surface area contributed by atoms with Crippen LogP contribution in [-0.4, -0.2) is 50.1 Å². The molecule has 0 bridgehead atoms. The van der Waals surface area contributed by atoms with E-state index in [1.807, 2.05) is 18.4 Å². The first kappa shape index (κ1) is 22.1. The fourth-order valence-electron chi connectivity index (χ4n) is 3.56. The SMILES string of the molecule is COc1ccc(S(=O)(=O)N2CCCC(C(=O)Nc3nc4ccc(SC)cc4s3)C2)cc1. The number of amides is 1. The van der Waals surface area contributed by atoms with E-state index in [0.717, 1.165) is 15.1 Å². The van der Waals surface area contributed by atoms with E-state index in [1.165, 1.54) is 34.9 Å². The van der Waals surface area contributed by atoms with Gasteiger partial charge < -0.3 is 10.1 Å². The summed E-state index contributed by atoms with van der Waals surface area (Å²) in [5.74, 6) is -0.0235. The van der Waals surface area contributed by atoms with E-state index < -0.39 is 15.9 Å². The average molecular weight is 478 g/mol. The Morgan fingerprint density at radius 2 is 2.03 bits per heavy atom. The number of carbonyl (C=O) groups excluding carboxylic acids is 1. The molecule has 1 fully saturated rings. The summed E-state index contributed by atoms with van der Waals surface area (Å²) in [5.41, 5.74) is 0.838. The molecule has 3 aromatic rings. The number of methoxy groups -OCH3 is 1. The van der Waals surface area contributed by atoms with Gasteiger partial charge in [-0.15, -0.1) is 11.8 Å². The van der Waals surface area contributed by atoms with E-state index in [2.05, 4.69) is 16.4 Å². The fraction of sp³-hybridized carbons (Fsp3) is 0.333. The molecule has 1 aliphatic heterocycles. The number of anilines is 1. The number of benzene rings is 2. The smallest absolute Gasteiger partial charge is 0.243 e. The van der Waals surface area contributed by atoms with E-state index in [0.29, 0.717) is 30.3 Å². The van der Waals surface area contributed by atoms with Gasteiger partial charge in [-0.25, -0.2) is 13.4 Å². The predicted octanol–water partition coefficient (Wildman–Crippen LogP) is 4.07. The topological polar surface area (TPSA) is 88.6 Å². The summed E-state index contributed by atoms with van der Waals surface area (Å²) in [7, 11) is -2.14. The maximum Gasteiger partial charge on any atom is 0.243 e. The Morgan fingerprint density at radius 3 is 2.74 bits per heavy atom. The highest BCUT2D eigenvalue weighted by molar-refractivity contribution is 7.98. The largest absolute Gasteiger partial charge is 0.497 e. The minimum Gasteiger partial charge on any atom is -0.497 e. The molecule has 1 N–H and O–H groups in total. The second-order valence-corrected chi connectivity index (χ2v) is 11.1. The number of sulfonamides is 1. The molecule has 1 atom stereocenters. The lowest BCUT2D eigenvalue weighted by molar-refractivity contribution is -0.120. The summed E-state index contributed by atoms with van der Waals surface area (Å²) in [4.78, 5) is 18.7. The number of hydrogen-bond acceptors (Lipinski definition) is 7. The Morgan fingerprint density at radius 1 is 1.26 bits per heavy atom. The maximum absolute atomic E-state index is 13.0. The summed E-state index contributed by atoms with van der Waals surface area (Å²) < 4.78 is 33.6. The predicted molar refractivity (Wildman–Crippen MR) is 125 cm³/mol. The molecule has 1 unspecified atom stereocenters. The molecule has 10 heteroatoms. The number of ether oxygens (including phenoxy) is 1. The summed E-state index contributed by atoms with van der Waals surface area (Å²) in [6.07, 6.45) is 3.28. The van der Waals surface area contributed by atoms with Crippen molar-refractivity contribution in [1.82, 2.24) is 9.29 Å². The van der Waals surface area contributed by atoms with Gasteiger partial charge >= 0.3 is 0 Å². The molecule has 7 nitrogen and oxygen atoms in total. The molecule has 0 spiro atoms. The van der Waals surface area contributed by atoms with Crippen LogP contribution in [0, 0.1) is 5.92 Å². The van der Waals surface area contributed by atoms with Crippen molar-refractivity contribution in [1.29, 1.82) is 0 Å². The van der Waals surface area contributed by atoms with E-state index in [1.54, 1.807) is 23.9 Å². The van der Waals surface area contributed by atoms with Gasteiger partial charge in [-0.05, 0) is 61.6 Å². The summed E-state index contributed by atoms with van der Waals surface area (Å²) >= 11 is 3.08. The summed E-state index contributed by atoms with van der Waals surface area (Å²) in [6.45, 7) is 0.554. The monoisotopic (exact) mass is 477 g/mol. The van der Waals surface area contributed by atoms with Gasteiger partial charge in [0.1, 0.15) is 5.75 Å². The lowest BCUT2D eigenvalue weighted by Gasteiger charge is -2.31. The van der Waals surface area contributed by atoms with Crippen LogP contribution in [0.25, 0.3) is 10.2 Å². The fourth-order valence-corrected chi connectivity index (χ4v) is 6.51. The zero-order valence-corrected chi connectivity index (χ0v) is 19.6. The number of thioether (sulfide) groups is 1. The van der Waals surface area contributed by atoms with E-state index in [4.69, 9.17) is 4.74 Å². The molecule has 4 rings (SSSR count). The van der Waals surface area contributed by atoms with Gasteiger partial charge in [-0.1, -0.05) is 11.3 Å². The van der Waals surface area contributed by atoms with Crippen LogP contribution < -0.4 is 10.1 Å². The van der Waals surface area contributed by atoms with Crippen LogP contribution in [-0.2, 0) is 14.8 Å². The van der Waals surface area contributed by atoms with Gasteiger partial charge in [-0.3, -0.25) is 4.79 Å². The van der Waals surface area contributed by atoms with Crippen LogP contribution in [0.3, 0.4) is 0 Å². The van der Waals surface area contributed by atoms with Crippen molar-refractivity contribution in [3.8, 4) is 5.75 Å². The molecule has 164 valence electrons. The van der Waals surface area contributed by atoms with Crippen molar-refractivity contribution in [2.24, 2.45) is 5.92 Å². The first-order valence-corrected chi connectivity index (χ1v) is 13.3. The first-order valence-electron chi connectivity index (χ1n) is 9.80. The number of nitrogens with one attached hydrogen (secondary N) is 1. The molecule has 0 saturated carbocycles. The van der Waals surface area contributed by atoms with Crippen molar-refractivity contribution >= 4 is 54.4 Å². The Hall–Kier alpha value is -2.14. The third-order valence-corrected chi connectivity index (χ3v) is 8.82. The summed E-state index contributed by atoms with van der Waals surface area (Å²) in [5, 5.41) is 3.42. The van der Waals surface area contributed by atoms with Crippen molar-refractivity contribution in [3.63, 3.8) is 0 Å². The van der Waals surface area contributed by atoms with Gasteiger partial charge in [0, 0.05) is 18.0 Å². The Kier molecular flexibility index (Phi) is 6.52. The molecule has 1 aromatic heterocycles. The van der Waals surface area contributed by atoms with Gasteiger partial charge in [-0.2, -0.15) is 4.31 Å². The molecule has 1 amide bonds. The number of nitrogens with zero attached hydrogens (tertiary/aromatic N) is 2. The molecule has 2 aromatic carbocycles. The first-order chi connectivity index (χ1) is 14.9. The van der Waals surface area contributed by atoms with Crippen LogP contribution in [0.4, 0.5) is 5.13 Å². The highest BCUT2D eigenvalue weighted by atomic mass is 32.2. The second kappa shape index (κ2) is 9.15. The number of aromatic nitrogens is 1. The highest BCUT2D eigenvalue weighted by Crippen LogP contribution is 2.31. The molecule has 0 radical (unpaired) electrons. The molecule has 1 aliphatic rings. The minimum atomic E-state index is -3.67. The van der Waals surface area contributed by atoms with Crippen molar-refractivity contribution in [2.75, 3.05) is 31.8 Å². The van der Waals surface area contributed by atoms with Crippen molar-refractivity contribution in [3.05, 3.63) is 42.5 Å². The van der Waals surface area contributed by atoms with Crippen LogP contribution in [0.15, 0.2) is 52.3 Å². The molecule has 1 saturated heterocycles. The highest BCUT2D eigenvalue weighted by Gasteiger charge is 2.33. The quantitative estimate of drug-likeness (QED) is 0.539. The molecular formula is C21H23N3O4S3. The zero-order chi connectivity index (χ0) is 22.0. The second-order valence-electron chi connectivity index (χ2n) is 7.22. The molecular weight excluding hydrogens is 454 g/mol. The number of carbonyl (C=O) groups is 1. The zero-order valence-electron chi connectivity index (χ0n) is 17.2. The van der Waals surface area contributed by atoms with Gasteiger partial charge in [0.15, 0.2) is 5.13 Å². The summed E-state index contributed by atoms with van der Waals surface area (Å²) in [6, 6.07) is 12.3. The normalized spacial score (nSPS) is 17.5. The standard InChI is InChI=1S/C21H23N3O4S3/c1-28-15-5-8-17(9-6-15)31(26,27)24-11-3-4-14(13-24)20(25)23-21-22-18-10-7-16(29-2)12-19(18)30-21/h5-10,12,14H,3-4,11,13H2,1-2H3,(H,22,23,25). The van der Waals surface area contributed by atoms with Crippen molar-refractivity contribution in [2.45, 2.75) is 22.6 Å². The third kappa shape index (κ3) is 4.72. The average Bonchev–Trinajstić information content (AvgIpc) is 3.20. The van der Waals surface area contributed by atoms with E-state index >= 15 is 0 Å². The van der Waals surface area contributed by atoms with E-state index in [9.17, 15) is 13.2 Å². The molecule has 31 heavy (non-hydrogen) atoms. The molecule has 0 aliphatic carbocycles. The van der Waals surface area contributed by atoms with Crippen LogP contribution in [0.1, 0.15) is 12.8 Å². The lowest BCUT2D eigenvalue weighted by atomic mass is 9.99. The number of thiazole rings is 1. The number of fused-ring (bicyclic) bond motifs is 1.